The number of nitrogens with zero attached hydrogens (tertiary/aromatic N) is 1. The minimum absolute atomic E-state index is 0.0737. The fourth-order valence-electron chi connectivity index (χ4n) is 2.34. The van der Waals surface area contributed by atoms with Gasteiger partial charge in [0.1, 0.15) is 0 Å². The Bertz CT molecular complexity index is 630. The van der Waals surface area contributed by atoms with Crippen LogP contribution in [0.15, 0.2) is 16.6 Å². The smallest absolute Gasteiger partial charge is 0.304 e. The van der Waals surface area contributed by atoms with Crippen molar-refractivity contribution in [1.29, 1.82) is 0 Å². The van der Waals surface area contributed by atoms with Gasteiger partial charge in [-0.05, 0) is 24.1 Å². The molecule has 1 atom stereocenters. The van der Waals surface area contributed by atoms with E-state index in [2.05, 4.69) is 31.9 Å². The summed E-state index contributed by atoms with van der Waals surface area (Å²) in [7, 11) is 0. The molecule has 0 saturated heterocycles. The third-order valence-electron chi connectivity index (χ3n) is 3.35. The van der Waals surface area contributed by atoms with Gasteiger partial charge in [-0.25, -0.2) is 0 Å². The number of alkyl halides is 1. The quantitative estimate of drug-likeness (QED) is 0.602. The van der Waals surface area contributed by atoms with E-state index in [1.165, 1.54) is 6.92 Å². The molecule has 0 radical (unpaired) electrons. The van der Waals surface area contributed by atoms with Crippen molar-refractivity contribution in [3.8, 4) is 0 Å². The Kier molecular flexibility index (Phi) is 4.83. The first-order chi connectivity index (χ1) is 9.81. The number of fused-ring (bicyclic) bond motifs is 1. The molecule has 1 aromatic rings. The Morgan fingerprint density at radius 1 is 1.38 bits per heavy atom. The number of Topliss-reactive ketones (excluding diaryl/α,β-unsaturated/α-hetero) is 1. The largest absolute Gasteiger partial charge is 0.481 e. The molecule has 1 amide bonds. The van der Waals surface area contributed by atoms with Crippen molar-refractivity contribution in [2.45, 2.75) is 24.6 Å². The van der Waals surface area contributed by atoms with Gasteiger partial charge < -0.3 is 10.0 Å². The number of carbonyl (C=O) groups is 3. The molecule has 0 spiro atoms. The summed E-state index contributed by atoms with van der Waals surface area (Å²) in [6, 6.07) is 3.48. The van der Waals surface area contributed by atoms with Gasteiger partial charge in [-0.3, -0.25) is 14.4 Å². The number of carboxylic acids is 1. The first kappa shape index (κ1) is 16.2. The lowest BCUT2D eigenvalue weighted by Crippen LogP contribution is -2.26. The molecule has 1 unspecified atom stereocenters. The normalized spacial score (nSPS) is 14.7. The zero-order chi connectivity index (χ0) is 15.7. The lowest BCUT2D eigenvalue weighted by atomic mass is 10.0. The summed E-state index contributed by atoms with van der Waals surface area (Å²) < 4.78 is 0.617. The van der Waals surface area contributed by atoms with Gasteiger partial charge in [0.25, 0.3) is 0 Å². The highest BCUT2D eigenvalue weighted by Gasteiger charge is 2.27. The Morgan fingerprint density at radius 3 is 2.62 bits per heavy atom. The molecule has 1 aliphatic heterocycles. The Hall–Kier alpha value is -1.21. The van der Waals surface area contributed by atoms with Gasteiger partial charge in [0, 0.05) is 29.2 Å². The van der Waals surface area contributed by atoms with Gasteiger partial charge in [-0.2, -0.15) is 0 Å². The number of carbonyl (C=O) groups excluding carboxylic acids is 2. The van der Waals surface area contributed by atoms with Gasteiger partial charge in [0.2, 0.25) is 5.91 Å². The van der Waals surface area contributed by atoms with Crippen molar-refractivity contribution < 1.29 is 19.5 Å². The molecule has 0 saturated carbocycles. The van der Waals surface area contributed by atoms with E-state index < -0.39 is 10.8 Å². The van der Waals surface area contributed by atoms with E-state index in [0.29, 0.717) is 16.6 Å². The summed E-state index contributed by atoms with van der Waals surface area (Å²) in [5, 5.41) is 8.77. The van der Waals surface area contributed by atoms with Crippen LogP contribution in [-0.4, -0.2) is 34.1 Å². The third kappa shape index (κ3) is 3.35. The Balaban J connectivity index is 2.37. The number of anilines is 1. The molecule has 1 N–H and O–H groups in total. The monoisotopic (exact) mass is 417 g/mol. The van der Waals surface area contributed by atoms with Crippen molar-refractivity contribution in [3.63, 3.8) is 0 Å². The van der Waals surface area contributed by atoms with Crippen LogP contribution in [0.3, 0.4) is 0 Å². The lowest BCUT2D eigenvalue weighted by Gasteiger charge is -2.17. The molecule has 2 rings (SSSR count). The van der Waals surface area contributed by atoms with E-state index in [4.69, 9.17) is 5.11 Å². The SMILES string of the molecule is CC(=O)N1CCc2cc(Br)c(C(=O)C(Br)CC(=O)O)cc21. The molecule has 1 aromatic carbocycles. The summed E-state index contributed by atoms with van der Waals surface area (Å²) in [5.41, 5.74) is 2.10. The molecule has 1 aliphatic rings. The van der Waals surface area contributed by atoms with E-state index in [1.54, 1.807) is 11.0 Å². The van der Waals surface area contributed by atoms with Crippen LogP contribution in [0, 0.1) is 0 Å². The van der Waals surface area contributed by atoms with Crippen LogP contribution < -0.4 is 4.90 Å². The van der Waals surface area contributed by atoms with E-state index in [0.717, 1.165) is 17.7 Å². The predicted octanol–water partition coefficient (Wildman–Crippen LogP) is 2.78. The standard InChI is InChI=1S/C14H13Br2NO4/c1-7(18)17-3-2-8-4-10(15)9(5-12(8)17)14(21)11(16)6-13(19)20/h4-5,11H,2-3,6H2,1H3,(H,19,20). The van der Waals surface area contributed by atoms with E-state index >= 15 is 0 Å². The molecule has 112 valence electrons. The second kappa shape index (κ2) is 6.27. The maximum Gasteiger partial charge on any atom is 0.304 e. The van der Waals surface area contributed by atoms with Crippen molar-refractivity contribution in [2.75, 3.05) is 11.4 Å². The van der Waals surface area contributed by atoms with Crippen LogP contribution in [0.25, 0.3) is 0 Å². The minimum Gasteiger partial charge on any atom is -0.481 e. The maximum atomic E-state index is 12.3. The number of amides is 1. The number of halogens is 2. The molecule has 1 heterocycles. The number of benzene rings is 1. The number of hydrogen-bond acceptors (Lipinski definition) is 3. The zero-order valence-electron chi connectivity index (χ0n) is 11.2. The van der Waals surface area contributed by atoms with Crippen LogP contribution in [-0.2, 0) is 16.0 Å². The minimum atomic E-state index is -1.05. The van der Waals surface area contributed by atoms with Crippen molar-refractivity contribution >= 4 is 55.2 Å². The van der Waals surface area contributed by atoms with Crippen LogP contribution in [0.2, 0.25) is 0 Å². The van der Waals surface area contributed by atoms with Gasteiger partial charge in [0.05, 0.1) is 11.2 Å². The first-order valence-electron chi connectivity index (χ1n) is 6.32. The third-order valence-corrected chi connectivity index (χ3v) is 4.74. The second-order valence-electron chi connectivity index (χ2n) is 4.81. The molecule has 5 nitrogen and oxygen atoms in total. The summed E-state index contributed by atoms with van der Waals surface area (Å²) in [4.78, 5) is 35.5. The van der Waals surface area contributed by atoms with Crippen molar-refractivity contribution in [2.24, 2.45) is 0 Å². The molecule has 0 aliphatic carbocycles. The number of hydrogen-bond donors (Lipinski definition) is 1. The Labute approximate surface area is 138 Å². The number of aliphatic carboxylic acids is 1. The molecular formula is C14H13Br2NO4. The van der Waals surface area contributed by atoms with E-state index in [-0.39, 0.29) is 18.1 Å². The van der Waals surface area contributed by atoms with Crippen LogP contribution in [0.4, 0.5) is 5.69 Å². The lowest BCUT2D eigenvalue weighted by molar-refractivity contribution is -0.136. The highest BCUT2D eigenvalue weighted by Crippen LogP contribution is 2.34. The first-order valence-corrected chi connectivity index (χ1v) is 8.02. The average Bonchev–Trinajstić information content (AvgIpc) is 2.78. The molecule has 21 heavy (non-hydrogen) atoms. The summed E-state index contributed by atoms with van der Waals surface area (Å²) >= 11 is 6.46. The van der Waals surface area contributed by atoms with Gasteiger partial charge in [-0.15, -0.1) is 0 Å². The number of ketones is 1. The van der Waals surface area contributed by atoms with Crippen LogP contribution in [0.5, 0.6) is 0 Å². The summed E-state index contributed by atoms with van der Waals surface area (Å²) in [5.74, 6) is -1.44. The average molecular weight is 419 g/mol. The molecule has 0 aromatic heterocycles. The highest BCUT2D eigenvalue weighted by atomic mass is 79.9. The van der Waals surface area contributed by atoms with Crippen molar-refractivity contribution in [3.05, 3.63) is 27.7 Å². The van der Waals surface area contributed by atoms with Crippen LogP contribution in [0.1, 0.15) is 29.3 Å². The summed E-state index contributed by atoms with van der Waals surface area (Å²) in [6.45, 7) is 2.08. The fraction of sp³-hybridized carbons (Fsp3) is 0.357. The number of carboxylic acid groups (broad SMARTS) is 1. The molecule has 0 fully saturated rings. The van der Waals surface area contributed by atoms with Crippen molar-refractivity contribution in [1.82, 2.24) is 0 Å². The second-order valence-corrected chi connectivity index (χ2v) is 6.77. The van der Waals surface area contributed by atoms with Crippen LogP contribution >= 0.6 is 31.9 Å². The van der Waals surface area contributed by atoms with E-state index in [9.17, 15) is 14.4 Å². The van der Waals surface area contributed by atoms with Gasteiger partial charge in [0.15, 0.2) is 5.78 Å². The topological polar surface area (TPSA) is 74.7 Å². The molecule has 0 bridgehead atoms. The summed E-state index contributed by atoms with van der Waals surface area (Å²) in [6.07, 6.45) is 0.452. The van der Waals surface area contributed by atoms with E-state index in [1.807, 2.05) is 6.07 Å². The molecule has 7 heteroatoms. The Morgan fingerprint density at radius 2 is 2.05 bits per heavy atom. The molecular weight excluding hydrogens is 406 g/mol. The highest BCUT2D eigenvalue weighted by molar-refractivity contribution is 9.10. The van der Waals surface area contributed by atoms with Gasteiger partial charge >= 0.3 is 5.97 Å². The predicted molar refractivity (Wildman–Crippen MR) is 85.2 cm³/mol. The fourth-order valence-corrected chi connectivity index (χ4v) is 3.45. The number of rotatable bonds is 4. The zero-order valence-corrected chi connectivity index (χ0v) is 14.4. The van der Waals surface area contributed by atoms with Gasteiger partial charge in [-0.1, -0.05) is 31.9 Å². The maximum absolute atomic E-state index is 12.3.